The van der Waals surface area contributed by atoms with Gasteiger partial charge in [-0.15, -0.1) is 10.2 Å². The van der Waals surface area contributed by atoms with Gasteiger partial charge in [-0.3, -0.25) is 19.3 Å². The molecule has 1 spiro atoms. The molecule has 198 valence electrons. The summed E-state index contributed by atoms with van der Waals surface area (Å²) in [4.78, 5) is 46.0. The van der Waals surface area contributed by atoms with Crippen molar-refractivity contribution in [1.82, 2.24) is 10.2 Å². The van der Waals surface area contributed by atoms with Crippen LogP contribution in [0.3, 0.4) is 0 Å². The zero-order valence-corrected chi connectivity index (χ0v) is 22.1. The molecule has 3 aromatic carbocycles. The highest BCUT2D eigenvalue weighted by atomic mass is 32.1. The fourth-order valence-electron chi connectivity index (χ4n) is 5.71. The second-order valence-corrected chi connectivity index (χ2v) is 10.8. The second kappa shape index (κ2) is 8.92. The molecule has 4 heterocycles. The first kappa shape index (κ1) is 24.3. The third kappa shape index (κ3) is 3.26. The molecule has 1 unspecified atom stereocenters. The maximum absolute atomic E-state index is 14.8. The van der Waals surface area contributed by atoms with E-state index in [9.17, 15) is 18.8 Å². The fraction of sp³-hybridized carbons (Fsp3) is 0.167. The Morgan fingerprint density at radius 2 is 1.75 bits per heavy atom. The van der Waals surface area contributed by atoms with E-state index in [4.69, 9.17) is 4.42 Å². The average molecular weight is 553 g/mol. The topological polar surface area (TPSA) is 96.6 Å². The second-order valence-electron chi connectivity index (χ2n) is 9.75. The lowest BCUT2D eigenvalue weighted by Gasteiger charge is -2.32. The molecule has 5 aromatic rings. The highest BCUT2D eigenvalue weighted by molar-refractivity contribution is 7.15. The number of amides is 2. The van der Waals surface area contributed by atoms with E-state index in [0.29, 0.717) is 22.7 Å². The number of para-hydroxylation sites is 1. The Kier molecular flexibility index (Phi) is 5.43. The van der Waals surface area contributed by atoms with E-state index in [1.54, 1.807) is 29.2 Å². The number of benzene rings is 3. The smallest absolute Gasteiger partial charge is 0.297 e. The molecule has 0 bridgehead atoms. The summed E-state index contributed by atoms with van der Waals surface area (Å²) in [5.41, 5.74) is -0.767. The highest BCUT2D eigenvalue weighted by Crippen LogP contribution is 2.54. The van der Waals surface area contributed by atoms with E-state index in [2.05, 4.69) is 10.2 Å². The maximum Gasteiger partial charge on any atom is 0.297 e. The summed E-state index contributed by atoms with van der Waals surface area (Å²) < 4.78 is 20.3. The Morgan fingerprint density at radius 1 is 0.975 bits per heavy atom. The molecule has 0 saturated carbocycles. The molecule has 7 rings (SSSR count). The molecule has 0 fully saturated rings. The minimum atomic E-state index is -1.90. The summed E-state index contributed by atoms with van der Waals surface area (Å²) in [5.74, 6) is -2.07. The van der Waals surface area contributed by atoms with E-state index in [-0.39, 0.29) is 34.0 Å². The van der Waals surface area contributed by atoms with Gasteiger partial charge in [-0.2, -0.15) is 0 Å². The Balaban J connectivity index is 1.55. The van der Waals surface area contributed by atoms with Gasteiger partial charge in [0.2, 0.25) is 10.9 Å². The fourth-order valence-corrected chi connectivity index (χ4v) is 6.70. The van der Waals surface area contributed by atoms with Gasteiger partial charge in [0.05, 0.1) is 23.2 Å². The van der Waals surface area contributed by atoms with Gasteiger partial charge in [0, 0.05) is 12.0 Å². The van der Waals surface area contributed by atoms with Crippen LogP contribution in [0.25, 0.3) is 11.0 Å². The lowest BCUT2D eigenvalue weighted by molar-refractivity contribution is -0.121. The maximum atomic E-state index is 14.8. The predicted octanol–water partition coefficient (Wildman–Crippen LogP) is 5.19. The van der Waals surface area contributed by atoms with Gasteiger partial charge in [-0.25, -0.2) is 4.39 Å². The number of rotatable bonds is 5. The number of nitrogens with zero attached hydrogens (tertiary/aromatic N) is 4. The van der Waals surface area contributed by atoms with Gasteiger partial charge in [-0.05, 0) is 36.2 Å². The standard InChI is InChI=1S/C30H21FN4O4S/c1-2-8-23-32-33-29(40-23)35-27(37)26-24(25(36)19-15-18(31)13-14-22(19)39-26)30(35)20-11-6-7-12-21(20)34(28(30)38)16-17-9-4-3-5-10-17/h3-7,9-15H,2,8,16H2,1H3. The number of aryl methyl sites for hydroxylation is 1. The van der Waals surface area contributed by atoms with Gasteiger partial charge in [0.15, 0.2) is 11.0 Å². The third-order valence-corrected chi connectivity index (χ3v) is 8.35. The first-order valence-corrected chi connectivity index (χ1v) is 13.7. The Labute approximate surface area is 231 Å². The minimum absolute atomic E-state index is 0.0523. The third-order valence-electron chi connectivity index (χ3n) is 7.38. The summed E-state index contributed by atoms with van der Waals surface area (Å²) in [5, 5.41) is 9.37. The zero-order valence-electron chi connectivity index (χ0n) is 21.3. The van der Waals surface area contributed by atoms with E-state index < -0.39 is 28.6 Å². The number of carbonyl (C=O) groups excluding carboxylic acids is 2. The number of fused-ring (bicyclic) bond motifs is 5. The van der Waals surface area contributed by atoms with Crippen LogP contribution < -0.4 is 15.2 Å². The van der Waals surface area contributed by atoms with Crippen LogP contribution in [-0.4, -0.2) is 22.0 Å². The van der Waals surface area contributed by atoms with Gasteiger partial charge in [0.25, 0.3) is 11.8 Å². The predicted molar refractivity (Wildman–Crippen MR) is 148 cm³/mol. The molecule has 0 radical (unpaired) electrons. The van der Waals surface area contributed by atoms with Crippen LogP contribution >= 0.6 is 11.3 Å². The van der Waals surface area contributed by atoms with Crippen LogP contribution in [-0.2, 0) is 23.3 Å². The van der Waals surface area contributed by atoms with Crippen molar-refractivity contribution in [3.63, 3.8) is 0 Å². The van der Waals surface area contributed by atoms with Gasteiger partial charge >= 0.3 is 0 Å². The van der Waals surface area contributed by atoms with Crippen molar-refractivity contribution in [3.8, 4) is 0 Å². The Morgan fingerprint density at radius 3 is 2.55 bits per heavy atom. The van der Waals surface area contributed by atoms with Crippen molar-refractivity contribution in [3.05, 3.63) is 116 Å². The number of halogens is 1. The number of hydrogen-bond donors (Lipinski definition) is 0. The molecule has 2 aliphatic heterocycles. The first-order valence-electron chi connectivity index (χ1n) is 12.8. The van der Waals surface area contributed by atoms with Crippen LogP contribution in [0.4, 0.5) is 15.2 Å². The molecule has 8 nitrogen and oxygen atoms in total. The van der Waals surface area contributed by atoms with Crippen molar-refractivity contribution in [2.45, 2.75) is 31.8 Å². The molecule has 2 aromatic heterocycles. The lowest BCUT2D eigenvalue weighted by atomic mass is 9.84. The highest BCUT2D eigenvalue weighted by Gasteiger charge is 2.66. The molecule has 10 heteroatoms. The zero-order chi connectivity index (χ0) is 27.6. The molecule has 0 saturated heterocycles. The lowest BCUT2D eigenvalue weighted by Crippen LogP contribution is -2.53. The number of aromatic nitrogens is 2. The van der Waals surface area contributed by atoms with Crippen LogP contribution in [0.5, 0.6) is 0 Å². The van der Waals surface area contributed by atoms with Crippen molar-refractivity contribution in [2.24, 2.45) is 0 Å². The number of anilines is 2. The van der Waals surface area contributed by atoms with E-state index in [1.807, 2.05) is 37.3 Å². The van der Waals surface area contributed by atoms with Gasteiger partial charge < -0.3 is 9.32 Å². The SMILES string of the molecule is CCCc1nnc(N2C(=O)c3oc4ccc(F)cc4c(=O)c3C23C(=O)N(Cc2ccccc2)c2ccccc23)s1. The monoisotopic (exact) mass is 552 g/mol. The van der Waals surface area contributed by atoms with E-state index in [1.165, 1.54) is 22.3 Å². The quantitative estimate of drug-likeness (QED) is 0.298. The van der Waals surface area contributed by atoms with E-state index >= 15 is 0 Å². The van der Waals surface area contributed by atoms with Crippen LogP contribution in [0, 0.1) is 5.82 Å². The molecule has 40 heavy (non-hydrogen) atoms. The molecule has 1 atom stereocenters. The minimum Gasteiger partial charge on any atom is -0.450 e. The normalized spacial score (nSPS) is 17.8. The molecule has 0 aliphatic carbocycles. The average Bonchev–Trinajstić information content (AvgIpc) is 3.59. The van der Waals surface area contributed by atoms with Crippen molar-refractivity contribution in [2.75, 3.05) is 9.80 Å². The van der Waals surface area contributed by atoms with Crippen molar-refractivity contribution in [1.29, 1.82) is 0 Å². The molecular formula is C30H21FN4O4S. The Bertz CT molecular complexity index is 1900. The summed E-state index contributed by atoms with van der Waals surface area (Å²) in [6, 6.07) is 20.1. The summed E-state index contributed by atoms with van der Waals surface area (Å²) in [6.45, 7) is 2.21. The van der Waals surface area contributed by atoms with Crippen molar-refractivity contribution < 1.29 is 18.4 Å². The van der Waals surface area contributed by atoms with Gasteiger partial charge in [0.1, 0.15) is 16.4 Å². The van der Waals surface area contributed by atoms with Crippen molar-refractivity contribution >= 4 is 44.9 Å². The van der Waals surface area contributed by atoms with E-state index in [0.717, 1.165) is 24.1 Å². The largest absolute Gasteiger partial charge is 0.450 e. The molecule has 0 N–H and O–H groups in total. The molecular weight excluding hydrogens is 531 g/mol. The number of hydrogen-bond acceptors (Lipinski definition) is 7. The van der Waals surface area contributed by atoms with Crippen LogP contribution in [0.2, 0.25) is 0 Å². The number of carbonyl (C=O) groups is 2. The van der Waals surface area contributed by atoms with Crippen LogP contribution in [0.1, 0.15) is 45.6 Å². The summed E-state index contributed by atoms with van der Waals surface area (Å²) >= 11 is 1.19. The van der Waals surface area contributed by atoms with Crippen LogP contribution in [0.15, 0.2) is 82.0 Å². The van der Waals surface area contributed by atoms with Gasteiger partial charge in [-0.1, -0.05) is 66.8 Å². The molecule has 2 amide bonds. The summed E-state index contributed by atoms with van der Waals surface area (Å²) in [7, 11) is 0. The summed E-state index contributed by atoms with van der Waals surface area (Å²) in [6.07, 6.45) is 1.46. The Hall–Kier alpha value is -4.70. The molecule has 2 aliphatic rings. The first-order chi connectivity index (χ1) is 19.4.